The zero-order chi connectivity index (χ0) is 13.5. The summed E-state index contributed by atoms with van der Waals surface area (Å²) in [5, 5.41) is 3.07. The van der Waals surface area contributed by atoms with Crippen LogP contribution in [0.2, 0.25) is 0 Å². The highest BCUT2D eigenvalue weighted by Gasteiger charge is 2.28. The molecule has 1 aliphatic carbocycles. The molecule has 1 aliphatic heterocycles. The van der Waals surface area contributed by atoms with Gasteiger partial charge in [-0.25, -0.2) is 0 Å². The van der Waals surface area contributed by atoms with Gasteiger partial charge in [0.25, 0.3) is 0 Å². The van der Waals surface area contributed by atoms with E-state index in [1.165, 1.54) is 51.6 Å². The predicted octanol–water partition coefficient (Wildman–Crippen LogP) is 2.72. The lowest BCUT2D eigenvalue weighted by Crippen LogP contribution is -2.36. The predicted molar refractivity (Wildman–Crippen MR) is 79.0 cm³/mol. The van der Waals surface area contributed by atoms with Gasteiger partial charge in [-0.3, -0.25) is 4.79 Å². The molecule has 2 rings (SSSR count). The molecule has 1 N–H and O–H groups in total. The second-order valence-corrected chi connectivity index (χ2v) is 6.07. The molecular formula is C16H28N2O. The number of nitrogens with zero attached hydrogens (tertiary/aromatic N) is 1. The Morgan fingerprint density at radius 2 is 2.05 bits per heavy atom. The highest BCUT2D eigenvalue weighted by molar-refractivity contribution is 5.75. The number of hydrogen-bond acceptors (Lipinski definition) is 2. The Balaban J connectivity index is 1.64. The molecule has 2 fully saturated rings. The van der Waals surface area contributed by atoms with Crippen LogP contribution in [0.3, 0.4) is 0 Å². The first-order valence-corrected chi connectivity index (χ1v) is 7.91. The van der Waals surface area contributed by atoms with Crippen molar-refractivity contribution in [1.82, 2.24) is 10.2 Å². The van der Waals surface area contributed by atoms with Crippen molar-refractivity contribution in [2.75, 3.05) is 19.6 Å². The van der Waals surface area contributed by atoms with E-state index in [1.807, 2.05) is 0 Å². The van der Waals surface area contributed by atoms with Gasteiger partial charge >= 0.3 is 0 Å². The van der Waals surface area contributed by atoms with Crippen molar-refractivity contribution in [2.24, 2.45) is 5.92 Å². The Morgan fingerprint density at radius 1 is 1.26 bits per heavy atom. The third-order valence-corrected chi connectivity index (χ3v) is 4.57. The summed E-state index contributed by atoms with van der Waals surface area (Å²) < 4.78 is 0. The van der Waals surface area contributed by atoms with E-state index in [0.717, 1.165) is 19.0 Å². The van der Waals surface area contributed by atoms with Crippen LogP contribution in [0.1, 0.15) is 51.4 Å². The molecule has 0 aromatic heterocycles. The molecule has 1 saturated heterocycles. The molecule has 0 spiro atoms. The summed E-state index contributed by atoms with van der Waals surface area (Å²) in [6, 6.07) is 0.829. The fourth-order valence-electron chi connectivity index (χ4n) is 3.39. The average molecular weight is 264 g/mol. The molecule has 1 amide bonds. The Labute approximate surface area is 117 Å². The maximum absolute atomic E-state index is 11.6. The Morgan fingerprint density at radius 3 is 2.79 bits per heavy atom. The number of hydrogen-bond donors (Lipinski definition) is 1. The third kappa shape index (κ3) is 4.64. The highest BCUT2D eigenvalue weighted by atomic mass is 16.1. The first-order valence-electron chi connectivity index (χ1n) is 7.91. The van der Waals surface area contributed by atoms with Crippen molar-refractivity contribution < 1.29 is 4.79 Å². The molecule has 0 aromatic rings. The number of likely N-dealkylation sites (tertiary alicyclic amines) is 1. The van der Waals surface area contributed by atoms with Gasteiger partial charge in [0.1, 0.15) is 0 Å². The minimum absolute atomic E-state index is 0.177. The fraction of sp³-hybridized carbons (Fsp3) is 0.812. The summed E-state index contributed by atoms with van der Waals surface area (Å²) in [6.07, 6.45) is 11.4. The van der Waals surface area contributed by atoms with Gasteiger partial charge in [-0.15, -0.1) is 6.58 Å². The molecule has 3 heteroatoms. The smallest absolute Gasteiger partial charge is 0.220 e. The summed E-state index contributed by atoms with van der Waals surface area (Å²) in [4.78, 5) is 14.2. The molecule has 0 aromatic carbocycles. The molecule has 3 nitrogen and oxygen atoms in total. The lowest BCUT2D eigenvalue weighted by molar-refractivity contribution is -0.121. The molecule has 108 valence electrons. The lowest BCUT2D eigenvalue weighted by atomic mass is 9.94. The Bertz CT molecular complexity index is 297. The minimum atomic E-state index is 0.177. The van der Waals surface area contributed by atoms with Gasteiger partial charge in [-0.2, -0.15) is 0 Å². The monoisotopic (exact) mass is 264 g/mol. The van der Waals surface area contributed by atoms with Crippen LogP contribution in [-0.2, 0) is 4.79 Å². The topological polar surface area (TPSA) is 32.3 Å². The van der Waals surface area contributed by atoms with Gasteiger partial charge in [0.05, 0.1) is 0 Å². The molecule has 1 atom stereocenters. The number of allylic oxidation sites excluding steroid dienone is 1. The van der Waals surface area contributed by atoms with E-state index in [-0.39, 0.29) is 5.91 Å². The second-order valence-electron chi connectivity index (χ2n) is 6.07. The summed E-state index contributed by atoms with van der Waals surface area (Å²) in [5.74, 6) is 0.839. The highest BCUT2D eigenvalue weighted by Crippen LogP contribution is 2.27. The SMILES string of the molecule is C=CCCC(=O)NCC1CCN(C2CCCCC2)C1. The zero-order valence-corrected chi connectivity index (χ0v) is 12.1. The quantitative estimate of drug-likeness (QED) is 0.748. The molecule has 2 aliphatic rings. The van der Waals surface area contributed by atoms with Gasteiger partial charge < -0.3 is 10.2 Å². The van der Waals surface area contributed by atoms with Crippen molar-refractivity contribution in [3.8, 4) is 0 Å². The van der Waals surface area contributed by atoms with Crippen LogP contribution < -0.4 is 5.32 Å². The van der Waals surface area contributed by atoms with Crippen LogP contribution in [0.25, 0.3) is 0 Å². The summed E-state index contributed by atoms with van der Waals surface area (Å²) in [5.41, 5.74) is 0. The van der Waals surface area contributed by atoms with E-state index < -0.39 is 0 Å². The fourth-order valence-corrected chi connectivity index (χ4v) is 3.39. The first-order chi connectivity index (χ1) is 9.29. The third-order valence-electron chi connectivity index (χ3n) is 4.57. The van der Waals surface area contributed by atoms with Crippen LogP contribution in [0, 0.1) is 5.92 Å². The average Bonchev–Trinajstić information content (AvgIpc) is 2.93. The van der Waals surface area contributed by atoms with Gasteiger partial charge in [0.2, 0.25) is 5.91 Å². The molecule has 1 saturated carbocycles. The van der Waals surface area contributed by atoms with Gasteiger partial charge in [-0.1, -0.05) is 25.3 Å². The van der Waals surface area contributed by atoms with E-state index >= 15 is 0 Å². The molecule has 1 unspecified atom stereocenters. The van der Waals surface area contributed by atoms with Crippen LogP contribution in [0.5, 0.6) is 0 Å². The van der Waals surface area contributed by atoms with Gasteiger partial charge in [-0.05, 0) is 38.1 Å². The van der Waals surface area contributed by atoms with Crippen LogP contribution >= 0.6 is 0 Å². The maximum atomic E-state index is 11.6. The van der Waals surface area contributed by atoms with Crippen LogP contribution in [0.15, 0.2) is 12.7 Å². The number of carbonyl (C=O) groups excluding carboxylic acids is 1. The molecular weight excluding hydrogens is 236 g/mol. The van der Waals surface area contributed by atoms with Crippen molar-refractivity contribution >= 4 is 5.91 Å². The summed E-state index contributed by atoms with van der Waals surface area (Å²) in [7, 11) is 0. The first kappa shape index (κ1) is 14.6. The molecule has 0 bridgehead atoms. The van der Waals surface area contributed by atoms with E-state index in [0.29, 0.717) is 12.3 Å². The summed E-state index contributed by atoms with van der Waals surface area (Å²) in [6.45, 7) is 6.93. The Hall–Kier alpha value is -0.830. The Kier molecular flexibility index (Phi) is 5.90. The number of rotatable bonds is 6. The largest absolute Gasteiger partial charge is 0.356 e. The zero-order valence-electron chi connectivity index (χ0n) is 12.1. The van der Waals surface area contributed by atoms with Crippen molar-refractivity contribution in [2.45, 2.75) is 57.4 Å². The van der Waals surface area contributed by atoms with E-state index in [1.54, 1.807) is 6.08 Å². The molecule has 1 heterocycles. The normalized spacial score (nSPS) is 25.4. The van der Waals surface area contributed by atoms with E-state index in [4.69, 9.17) is 0 Å². The van der Waals surface area contributed by atoms with Crippen molar-refractivity contribution in [3.05, 3.63) is 12.7 Å². The standard InChI is InChI=1S/C16H28N2O/c1-2-3-9-16(19)17-12-14-10-11-18(13-14)15-7-5-4-6-8-15/h2,14-15H,1,3-13H2,(H,17,19). The lowest BCUT2D eigenvalue weighted by Gasteiger charge is -2.31. The van der Waals surface area contributed by atoms with E-state index in [9.17, 15) is 4.79 Å². The van der Waals surface area contributed by atoms with E-state index in [2.05, 4.69) is 16.8 Å². The van der Waals surface area contributed by atoms with Crippen LogP contribution in [-0.4, -0.2) is 36.5 Å². The van der Waals surface area contributed by atoms with Crippen molar-refractivity contribution in [1.29, 1.82) is 0 Å². The second kappa shape index (κ2) is 7.68. The number of nitrogens with one attached hydrogen (secondary N) is 1. The maximum Gasteiger partial charge on any atom is 0.220 e. The van der Waals surface area contributed by atoms with Gasteiger partial charge in [0.15, 0.2) is 0 Å². The molecule has 0 radical (unpaired) electrons. The van der Waals surface area contributed by atoms with Gasteiger partial charge in [0, 0.05) is 25.6 Å². The van der Waals surface area contributed by atoms with Crippen LogP contribution in [0.4, 0.5) is 0 Å². The minimum Gasteiger partial charge on any atom is -0.356 e. The molecule has 19 heavy (non-hydrogen) atoms. The number of amides is 1. The van der Waals surface area contributed by atoms with Crippen molar-refractivity contribution in [3.63, 3.8) is 0 Å². The number of carbonyl (C=O) groups is 1. The summed E-state index contributed by atoms with van der Waals surface area (Å²) >= 11 is 0.